The Kier molecular flexibility index (Phi) is 10.3. The van der Waals surface area contributed by atoms with Crippen LogP contribution in [0.25, 0.3) is 0 Å². The van der Waals surface area contributed by atoms with Gasteiger partial charge in [-0.3, -0.25) is 9.80 Å². The molecule has 0 aliphatic carbocycles. The van der Waals surface area contributed by atoms with Crippen LogP contribution in [0.5, 0.6) is 46.0 Å². The standard InChI is InChI=1S/C45H45ClN2O7/c1-47-17-15-30-23-38(50-3)40-25-34(30)35(47)20-27-9-12-33(13-10-27)53-39-22-28(11-14-37(39)55-45(49)32-8-6-7-29(19-32)26-46)21-36-42-31(16-18-48(36)2)24-41(51-4)43(52-5)44(42)54-40/h6-14,19,22-25,35-36H,15-18,20-21,26H2,1-5H3/t35-,36+/m0/s1. The number of esters is 1. The molecule has 55 heavy (non-hydrogen) atoms. The van der Waals surface area contributed by atoms with Gasteiger partial charge < -0.3 is 28.4 Å². The van der Waals surface area contributed by atoms with Crippen LogP contribution in [0, 0.1) is 0 Å². The molecule has 0 radical (unpaired) electrons. The zero-order valence-corrected chi connectivity index (χ0v) is 32.6. The van der Waals surface area contributed by atoms with Crippen LogP contribution in [0.15, 0.2) is 84.9 Å². The number of nitrogens with zero attached hydrogens (tertiary/aromatic N) is 2. The molecule has 0 saturated heterocycles. The molecular formula is C45H45ClN2O7. The van der Waals surface area contributed by atoms with Crippen molar-refractivity contribution in [2.45, 2.75) is 43.6 Å². The highest BCUT2D eigenvalue weighted by molar-refractivity contribution is 6.17. The highest BCUT2D eigenvalue weighted by atomic mass is 35.5. The van der Waals surface area contributed by atoms with Crippen LogP contribution in [0.3, 0.4) is 0 Å². The minimum absolute atomic E-state index is 0.0997. The summed E-state index contributed by atoms with van der Waals surface area (Å²) < 4.78 is 37.6. The number of fused-ring (bicyclic) bond motifs is 2. The second kappa shape index (κ2) is 15.5. The van der Waals surface area contributed by atoms with Gasteiger partial charge in [-0.15, -0.1) is 11.6 Å². The molecule has 284 valence electrons. The van der Waals surface area contributed by atoms with Gasteiger partial charge in [-0.1, -0.05) is 30.3 Å². The van der Waals surface area contributed by atoms with Gasteiger partial charge in [-0.05, 0) is 128 Å². The van der Waals surface area contributed by atoms with Gasteiger partial charge in [-0.25, -0.2) is 4.79 Å². The molecule has 4 aliphatic heterocycles. The highest BCUT2D eigenvalue weighted by Crippen LogP contribution is 2.52. The van der Waals surface area contributed by atoms with Gasteiger partial charge in [0.2, 0.25) is 5.75 Å². The predicted molar refractivity (Wildman–Crippen MR) is 212 cm³/mol. The van der Waals surface area contributed by atoms with E-state index in [4.69, 9.17) is 40.0 Å². The van der Waals surface area contributed by atoms with Crippen molar-refractivity contribution in [3.05, 3.63) is 129 Å². The van der Waals surface area contributed by atoms with E-state index in [-0.39, 0.29) is 12.1 Å². The molecule has 0 aromatic heterocycles. The minimum atomic E-state index is -0.493. The Balaban J connectivity index is 1.29. The zero-order valence-electron chi connectivity index (χ0n) is 31.8. The van der Waals surface area contributed by atoms with Gasteiger partial charge in [0.1, 0.15) is 5.75 Å². The van der Waals surface area contributed by atoms with E-state index in [1.54, 1.807) is 39.5 Å². The molecule has 4 heterocycles. The lowest BCUT2D eigenvalue weighted by atomic mass is 9.87. The number of likely N-dealkylation sites (N-methyl/N-ethyl adjacent to an activating group) is 2. The summed E-state index contributed by atoms with van der Waals surface area (Å²) in [5.74, 6) is 4.22. The van der Waals surface area contributed by atoms with Gasteiger partial charge in [0.15, 0.2) is 34.5 Å². The summed E-state index contributed by atoms with van der Waals surface area (Å²) in [5, 5.41) is 0. The van der Waals surface area contributed by atoms with Crippen LogP contribution in [-0.2, 0) is 31.6 Å². The Hall–Kier alpha value is -5.22. The Labute approximate surface area is 327 Å². The molecule has 0 saturated carbocycles. The number of hydrogen-bond donors (Lipinski definition) is 0. The van der Waals surface area contributed by atoms with Crippen molar-refractivity contribution in [3.8, 4) is 46.0 Å². The molecular weight excluding hydrogens is 716 g/mol. The van der Waals surface area contributed by atoms with E-state index in [0.29, 0.717) is 63.9 Å². The minimum Gasteiger partial charge on any atom is -0.493 e. The second-order valence-corrected chi connectivity index (χ2v) is 14.7. The van der Waals surface area contributed by atoms with E-state index in [1.165, 1.54) is 11.1 Å². The number of halogens is 1. The molecule has 5 aromatic rings. The molecule has 9 rings (SSSR count). The first-order valence-corrected chi connectivity index (χ1v) is 19.1. The van der Waals surface area contributed by atoms with Crippen LogP contribution < -0.4 is 28.4 Å². The molecule has 0 unspecified atom stereocenters. The number of hydrogen-bond acceptors (Lipinski definition) is 9. The summed E-state index contributed by atoms with van der Waals surface area (Å²) in [4.78, 5) is 18.2. The van der Waals surface area contributed by atoms with Crippen LogP contribution >= 0.6 is 11.6 Å². The van der Waals surface area contributed by atoms with E-state index >= 15 is 0 Å². The van der Waals surface area contributed by atoms with E-state index in [1.807, 2.05) is 36.4 Å². The van der Waals surface area contributed by atoms with E-state index in [0.717, 1.165) is 60.2 Å². The number of ether oxygens (including phenoxy) is 6. The third kappa shape index (κ3) is 7.20. The molecule has 0 amide bonds. The maximum atomic E-state index is 13.5. The van der Waals surface area contributed by atoms with Crippen molar-refractivity contribution in [3.63, 3.8) is 0 Å². The number of carbonyl (C=O) groups is 1. The van der Waals surface area contributed by atoms with Gasteiger partial charge >= 0.3 is 5.97 Å². The number of carbonyl (C=O) groups excluding carboxylic acids is 1. The molecule has 6 bridgehead atoms. The second-order valence-electron chi connectivity index (χ2n) is 14.5. The molecule has 2 atom stereocenters. The fourth-order valence-corrected chi connectivity index (χ4v) is 8.30. The topological polar surface area (TPSA) is 78.9 Å². The van der Waals surface area contributed by atoms with Crippen molar-refractivity contribution in [1.29, 1.82) is 0 Å². The van der Waals surface area contributed by atoms with E-state index < -0.39 is 5.97 Å². The molecule has 0 N–H and O–H groups in total. The lowest BCUT2D eigenvalue weighted by molar-refractivity contribution is 0.0730. The molecule has 10 heteroatoms. The maximum Gasteiger partial charge on any atom is 0.343 e. The van der Waals surface area contributed by atoms with E-state index in [2.05, 4.69) is 54.2 Å². The van der Waals surface area contributed by atoms with E-state index in [9.17, 15) is 4.79 Å². The fraction of sp³-hybridized carbons (Fsp3) is 0.311. The van der Waals surface area contributed by atoms with Gasteiger partial charge in [0.05, 0.1) is 26.9 Å². The van der Waals surface area contributed by atoms with Crippen LogP contribution in [0.2, 0.25) is 0 Å². The molecule has 4 aliphatic rings. The average Bonchev–Trinajstić information content (AvgIpc) is 3.20. The SMILES string of the molecule is COc1cc2c3cc1Oc1c(OC)c(OC)cc4c1[C@@H](Cc1ccc(OC(=O)c5cccc(CCl)c5)c(c1)Oc1ccc(cc1)C[C@@H]3N(C)CC2)N(C)CC4. The van der Waals surface area contributed by atoms with Crippen LogP contribution in [-0.4, -0.2) is 64.3 Å². The average molecular weight is 761 g/mol. The zero-order chi connectivity index (χ0) is 38.2. The quantitative estimate of drug-likeness (QED) is 0.0957. The molecule has 5 aromatic carbocycles. The Morgan fingerprint density at radius 2 is 1.42 bits per heavy atom. The largest absolute Gasteiger partial charge is 0.493 e. The van der Waals surface area contributed by atoms with Gasteiger partial charge in [0, 0.05) is 36.6 Å². The number of methoxy groups -OCH3 is 3. The Bertz CT molecular complexity index is 2240. The summed E-state index contributed by atoms with van der Waals surface area (Å²) in [5.41, 5.74) is 7.98. The maximum absolute atomic E-state index is 13.5. The third-order valence-electron chi connectivity index (χ3n) is 11.1. The number of rotatable bonds is 6. The van der Waals surface area contributed by atoms with Crippen molar-refractivity contribution in [1.82, 2.24) is 9.80 Å². The van der Waals surface area contributed by atoms with Crippen molar-refractivity contribution >= 4 is 17.6 Å². The van der Waals surface area contributed by atoms with Gasteiger partial charge in [0.25, 0.3) is 0 Å². The predicted octanol–water partition coefficient (Wildman–Crippen LogP) is 9.11. The third-order valence-corrected chi connectivity index (χ3v) is 11.5. The summed E-state index contributed by atoms with van der Waals surface area (Å²) in [6, 6.07) is 27.4. The van der Waals surface area contributed by atoms with Gasteiger partial charge in [-0.2, -0.15) is 0 Å². The lowest BCUT2D eigenvalue weighted by Gasteiger charge is -2.37. The lowest BCUT2D eigenvalue weighted by Crippen LogP contribution is -2.34. The summed E-state index contributed by atoms with van der Waals surface area (Å²) in [6.07, 6.45) is 3.08. The molecule has 0 fully saturated rings. The monoisotopic (exact) mass is 760 g/mol. The first-order chi connectivity index (χ1) is 26.8. The fourth-order valence-electron chi connectivity index (χ4n) is 8.13. The van der Waals surface area contributed by atoms with Crippen molar-refractivity contribution in [2.75, 3.05) is 48.5 Å². The molecule has 9 nitrogen and oxygen atoms in total. The normalized spacial score (nSPS) is 17.9. The summed E-state index contributed by atoms with van der Waals surface area (Å²) >= 11 is 6.07. The molecule has 0 spiro atoms. The number of benzene rings is 5. The smallest absolute Gasteiger partial charge is 0.343 e. The Morgan fingerprint density at radius 3 is 2.16 bits per heavy atom. The van der Waals surface area contributed by atoms with Crippen LogP contribution in [0.1, 0.15) is 61.4 Å². The van der Waals surface area contributed by atoms with Crippen molar-refractivity contribution < 1.29 is 33.2 Å². The Morgan fingerprint density at radius 1 is 0.727 bits per heavy atom. The van der Waals surface area contributed by atoms with Crippen LogP contribution in [0.4, 0.5) is 0 Å². The first kappa shape index (κ1) is 36.7. The highest BCUT2D eigenvalue weighted by Gasteiger charge is 2.35. The summed E-state index contributed by atoms with van der Waals surface area (Å²) in [6.45, 7) is 1.75. The number of alkyl halides is 1. The first-order valence-electron chi connectivity index (χ1n) is 18.6. The van der Waals surface area contributed by atoms with Crippen molar-refractivity contribution in [2.24, 2.45) is 0 Å². The summed E-state index contributed by atoms with van der Waals surface area (Å²) in [7, 11) is 9.29.